The molecule has 1 heterocycles. The average molecular weight is 428 g/mol. The van der Waals surface area contributed by atoms with Crippen molar-refractivity contribution in [3.63, 3.8) is 0 Å². The van der Waals surface area contributed by atoms with E-state index >= 15 is 0 Å². The van der Waals surface area contributed by atoms with Gasteiger partial charge in [0.2, 0.25) is 0 Å². The molecule has 0 saturated heterocycles. The normalized spacial score (nSPS) is 11.3. The molecule has 0 saturated carbocycles. The Kier molecular flexibility index (Phi) is 6.17. The molecule has 3 aromatic rings. The summed E-state index contributed by atoms with van der Waals surface area (Å²) in [5.74, 6) is -0.352. The zero-order valence-corrected chi connectivity index (χ0v) is 17.4. The summed E-state index contributed by atoms with van der Waals surface area (Å²) < 4.78 is 43.6. The van der Waals surface area contributed by atoms with Gasteiger partial charge in [-0.1, -0.05) is 17.7 Å². The number of aromatic nitrogens is 2. The van der Waals surface area contributed by atoms with Crippen LogP contribution in [0.3, 0.4) is 0 Å². The monoisotopic (exact) mass is 428 g/mol. The fraction of sp³-hybridized carbons (Fsp3) is 0.182. The Morgan fingerprint density at radius 1 is 1.13 bits per heavy atom. The number of rotatable bonds is 7. The predicted molar refractivity (Wildman–Crippen MR) is 113 cm³/mol. The van der Waals surface area contributed by atoms with E-state index in [2.05, 4.69) is 11.7 Å². The van der Waals surface area contributed by atoms with Crippen LogP contribution < -0.4 is 10.3 Å². The van der Waals surface area contributed by atoms with Crippen molar-refractivity contribution in [1.29, 1.82) is 0 Å². The van der Waals surface area contributed by atoms with E-state index in [4.69, 9.17) is 4.74 Å². The van der Waals surface area contributed by atoms with Crippen LogP contribution in [0.5, 0.6) is 5.75 Å². The highest BCUT2D eigenvalue weighted by Crippen LogP contribution is 2.28. The molecule has 1 aromatic heterocycles. The van der Waals surface area contributed by atoms with Gasteiger partial charge in [0.1, 0.15) is 5.82 Å². The minimum atomic E-state index is -3.34. The first-order valence-electron chi connectivity index (χ1n) is 9.13. The zero-order valence-electron chi connectivity index (χ0n) is 16.6. The van der Waals surface area contributed by atoms with Gasteiger partial charge >= 0.3 is 5.56 Å². The van der Waals surface area contributed by atoms with Gasteiger partial charge in [-0.25, -0.2) is 12.8 Å². The van der Waals surface area contributed by atoms with Crippen molar-refractivity contribution in [1.82, 2.24) is 9.78 Å². The largest absolute Gasteiger partial charge is 0.487 e. The highest BCUT2D eigenvalue weighted by molar-refractivity contribution is 7.90. The lowest BCUT2D eigenvalue weighted by atomic mass is 10.1. The van der Waals surface area contributed by atoms with Gasteiger partial charge in [-0.15, -0.1) is 6.58 Å². The van der Waals surface area contributed by atoms with Crippen LogP contribution in [0, 0.1) is 5.82 Å². The molecule has 0 radical (unpaired) electrons. The van der Waals surface area contributed by atoms with Crippen molar-refractivity contribution in [3.8, 4) is 22.6 Å². The molecule has 0 N–H and O–H groups in total. The van der Waals surface area contributed by atoms with Crippen LogP contribution in [0.4, 0.5) is 4.39 Å². The molecule has 0 bridgehead atoms. The molecule has 0 unspecified atom stereocenters. The highest BCUT2D eigenvalue weighted by Gasteiger charge is 2.17. The first kappa shape index (κ1) is 21.4. The highest BCUT2D eigenvalue weighted by atomic mass is 32.2. The quantitative estimate of drug-likeness (QED) is 0.535. The van der Waals surface area contributed by atoms with Gasteiger partial charge in [-0.05, 0) is 48.9 Å². The fourth-order valence-corrected chi connectivity index (χ4v) is 3.39. The number of hydrogen-bond donors (Lipinski definition) is 0. The lowest BCUT2D eigenvalue weighted by Gasteiger charge is -2.14. The summed E-state index contributed by atoms with van der Waals surface area (Å²) in [5, 5.41) is 4.20. The molecule has 30 heavy (non-hydrogen) atoms. The standard InChI is InChI=1S/C22H21FN2O4S/c1-15(2)12-13-29-21-20(16-4-10-19(11-5-16)30(3,27)28)14-24-25(22(21)26)18-8-6-17(23)7-9-18/h4-11,14H,1,12-13H2,2-3H3. The summed E-state index contributed by atoms with van der Waals surface area (Å²) in [6.45, 7) is 5.93. The summed E-state index contributed by atoms with van der Waals surface area (Å²) >= 11 is 0. The SMILES string of the molecule is C=C(C)CCOc1c(-c2ccc(S(C)(=O)=O)cc2)cnn(-c2ccc(F)cc2)c1=O. The maximum atomic E-state index is 13.2. The van der Waals surface area contributed by atoms with E-state index in [-0.39, 0.29) is 17.3 Å². The van der Waals surface area contributed by atoms with Crippen LogP contribution >= 0.6 is 0 Å². The van der Waals surface area contributed by atoms with Crippen LogP contribution in [-0.4, -0.2) is 31.1 Å². The Balaban J connectivity index is 2.09. The van der Waals surface area contributed by atoms with Crippen LogP contribution in [0.2, 0.25) is 0 Å². The Hall–Kier alpha value is -3.26. The maximum Gasteiger partial charge on any atom is 0.314 e. The van der Waals surface area contributed by atoms with Gasteiger partial charge in [0.05, 0.1) is 23.4 Å². The number of hydrogen-bond acceptors (Lipinski definition) is 5. The summed E-state index contributed by atoms with van der Waals surface area (Å²) in [6.07, 6.45) is 3.15. The summed E-state index contributed by atoms with van der Waals surface area (Å²) in [5.41, 5.74) is 1.81. The molecule has 0 fully saturated rings. The lowest BCUT2D eigenvalue weighted by molar-refractivity contribution is 0.316. The third kappa shape index (κ3) is 4.83. The van der Waals surface area contributed by atoms with E-state index in [1.807, 2.05) is 6.92 Å². The molecule has 6 nitrogen and oxygen atoms in total. The van der Waals surface area contributed by atoms with E-state index in [9.17, 15) is 17.6 Å². The molecule has 0 atom stereocenters. The number of nitrogens with zero attached hydrogens (tertiary/aromatic N) is 2. The summed E-state index contributed by atoms with van der Waals surface area (Å²) in [6, 6.07) is 11.5. The Labute approximate surface area is 174 Å². The molecular formula is C22H21FN2O4S. The van der Waals surface area contributed by atoms with Crippen molar-refractivity contribution in [2.24, 2.45) is 0 Å². The second-order valence-electron chi connectivity index (χ2n) is 6.93. The van der Waals surface area contributed by atoms with Crippen LogP contribution in [0.1, 0.15) is 13.3 Å². The smallest absolute Gasteiger partial charge is 0.314 e. The molecule has 2 aromatic carbocycles. The summed E-state index contributed by atoms with van der Waals surface area (Å²) in [4.78, 5) is 13.3. The molecule has 156 valence electrons. The van der Waals surface area contributed by atoms with Gasteiger partial charge < -0.3 is 4.74 Å². The Morgan fingerprint density at radius 3 is 2.33 bits per heavy atom. The van der Waals surface area contributed by atoms with E-state index in [0.29, 0.717) is 23.2 Å². The molecule has 0 aliphatic heterocycles. The molecular weight excluding hydrogens is 407 g/mol. The molecule has 0 spiro atoms. The second-order valence-corrected chi connectivity index (χ2v) is 8.95. The van der Waals surface area contributed by atoms with Gasteiger partial charge in [0.15, 0.2) is 15.6 Å². The maximum absolute atomic E-state index is 13.2. The van der Waals surface area contributed by atoms with Gasteiger partial charge in [0, 0.05) is 18.2 Å². The van der Waals surface area contributed by atoms with E-state index < -0.39 is 21.2 Å². The first-order valence-corrected chi connectivity index (χ1v) is 11.0. The predicted octanol–water partition coefficient (Wildman–Crippen LogP) is 3.79. The first-order chi connectivity index (χ1) is 14.2. The summed E-state index contributed by atoms with van der Waals surface area (Å²) in [7, 11) is -3.34. The molecule has 3 rings (SSSR count). The van der Waals surface area contributed by atoms with E-state index in [1.165, 1.54) is 42.6 Å². The third-order valence-corrected chi connectivity index (χ3v) is 5.50. The lowest BCUT2D eigenvalue weighted by Crippen LogP contribution is -2.24. The molecule has 8 heteroatoms. The number of ether oxygens (including phenoxy) is 1. The van der Waals surface area contributed by atoms with Crippen molar-refractivity contribution < 1.29 is 17.5 Å². The number of sulfone groups is 1. The van der Waals surface area contributed by atoms with Crippen molar-refractivity contribution in [3.05, 3.63) is 83.1 Å². The minimum Gasteiger partial charge on any atom is -0.487 e. The topological polar surface area (TPSA) is 78.3 Å². The van der Waals surface area contributed by atoms with Crippen molar-refractivity contribution in [2.75, 3.05) is 12.9 Å². The van der Waals surface area contributed by atoms with Gasteiger partial charge in [0.25, 0.3) is 0 Å². The Morgan fingerprint density at radius 2 is 1.77 bits per heavy atom. The third-order valence-electron chi connectivity index (χ3n) is 4.37. The Bertz CT molecular complexity index is 1230. The minimum absolute atomic E-state index is 0.0719. The van der Waals surface area contributed by atoms with E-state index in [1.54, 1.807) is 12.1 Å². The molecule has 0 amide bonds. The van der Waals surface area contributed by atoms with E-state index in [0.717, 1.165) is 16.5 Å². The van der Waals surface area contributed by atoms with Crippen LogP contribution in [0.25, 0.3) is 16.8 Å². The molecule has 0 aliphatic carbocycles. The zero-order chi connectivity index (χ0) is 21.9. The average Bonchev–Trinajstić information content (AvgIpc) is 2.69. The van der Waals surface area contributed by atoms with Crippen LogP contribution in [0.15, 0.2) is 76.6 Å². The van der Waals surface area contributed by atoms with Gasteiger partial charge in [-0.2, -0.15) is 9.78 Å². The van der Waals surface area contributed by atoms with Crippen LogP contribution in [-0.2, 0) is 9.84 Å². The van der Waals surface area contributed by atoms with Crippen molar-refractivity contribution >= 4 is 9.84 Å². The number of benzene rings is 2. The second kappa shape index (κ2) is 8.62. The number of halogens is 1. The van der Waals surface area contributed by atoms with Gasteiger partial charge in [-0.3, -0.25) is 4.79 Å². The molecule has 0 aliphatic rings. The van der Waals surface area contributed by atoms with Crippen molar-refractivity contribution in [2.45, 2.75) is 18.2 Å². The fourth-order valence-electron chi connectivity index (χ4n) is 2.76.